The molecule has 0 amide bonds. The van der Waals surface area contributed by atoms with Crippen LogP contribution in [0.5, 0.6) is 0 Å². The normalized spacial score (nSPS) is 20.6. The zero-order chi connectivity index (χ0) is 14.5. The van der Waals surface area contributed by atoms with Crippen molar-refractivity contribution in [2.24, 2.45) is 0 Å². The number of hydrogen-bond donors (Lipinski definition) is 0. The predicted octanol–water partition coefficient (Wildman–Crippen LogP) is 2.18. The van der Waals surface area contributed by atoms with E-state index in [1.54, 1.807) is 0 Å². The largest absolute Gasteiger partial charge is 0.379 e. The van der Waals surface area contributed by atoms with Crippen LogP contribution in [0.25, 0.3) is 0 Å². The summed E-state index contributed by atoms with van der Waals surface area (Å²) in [4.78, 5) is 11.4. The van der Waals surface area contributed by atoms with E-state index in [9.17, 15) is 0 Å². The lowest BCUT2D eigenvalue weighted by atomic mass is 10.1. The minimum Gasteiger partial charge on any atom is -0.379 e. The first-order chi connectivity index (χ1) is 10.3. The molecule has 0 atom stereocenters. The molecule has 118 valence electrons. The van der Waals surface area contributed by atoms with Gasteiger partial charge in [0.1, 0.15) is 0 Å². The van der Waals surface area contributed by atoms with Crippen molar-refractivity contribution in [2.45, 2.75) is 39.2 Å². The van der Waals surface area contributed by atoms with E-state index < -0.39 is 0 Å². The van der Waals surface area contributed by atoms with Crippen molar-refractivity contribution < 1.29 is 4.74 Å². The number of aryl methyl sites for hydroxylation is 1. The van der Waals surface area contributed by atoms with Gasteiger partial charge in [0, 0.05) is 31.1 Å². The van der Waals surface area contributed by atoms with Crippen LogP contribution in [0.3, 0.4) is 0 Å². The van der Waals surface area contributed by atoms with Gasteiger partial charge in [-0.3, -0.25) is 9.80 Å². The highest BCUT2D eigenvalue weighted by Gasteiger charge is 2.20. The van der Waals surface area contributed by atoms with Crippen molar-refractivity contribution in [1.82, 2.24) is 14.8 Å². The van der Waals surface area contributed by atoms with E-state index in [1.165, 1.54) is 54.5 Å². The maximum atomic E-state index is 5.39. The van der Waals surface area contributed by atoms with E-state index >= 15 is 0 Å². The second-order valence-corrected chi connectivity index (χ2v) is 7.19. The summed E-state index contributed by atoms with van der Waals surface area (Å²) in [7, 11) is 0. The Kier molecular flexibility index (Phi) is 5.63. The molecule has 5 heteroatoms. The third-order valence-corrected chi connectivity index (χ3v) is 5.76. The van der Waals surface area contributed by atoms with Crippen LogP contribution in [0.15, 0.2) is 0 Å². The number of unbranched alkanes of at least 4 members (excludes halogenated alkanes) is 1. The van der Waals surface area contributed by atoms with Gasteiger partial charge in [-0.1, -0.05) is 6.92 Å². The van der Waals surface area contributed by atoms with E-state index in [4.69, 9.17) is 9.72 Å². The van der Waals surface area contributed by atoms with Crippen LogP contribution in [0.1, 0.15) is 35.3 Å². The Labute approximate surface area is 132 Å². The molecule has 0 unspecified atom stereocenters. The van der Waals surface area contributed by atoms with Crippen molar-refractivity contribution >= 4 is 11.3 Å². The van der Waals surface area contributed by atoms with Gasteiger partial charge < -0.3 is 4.74 Å². The topological polar surface area (TPSA) is 28.6 Å². The van der Waals surface area contributed by atoms with Crippen molar-refractivity contribution in [3.63, 3.8) is 0 Å². The SMILES string of the molecule is CCc1nc2c(s1)CCN(CCCCN1CCOCC1)C2. The van der Waals surface area contributed by atoms with Gasteiger partial charge in [0.05, 0.1) is 23.9 Å². The Morgan fingerprint density at radius 2 is 1.86 bits per heavy atom. The summed E-state index contributed by atoms with van der Waals surface area (Å²) in [6.45, 7) is 11.0. The Morgan fingerprint density at radius 1 is 1.10 bits per heavy atom. The Balaban J connectivity index is 1.36. The summed E-state index contributed by atoms with van der Waals surface area (Å²) in [6.07, 6.45) is 4.89. The molecule has 3 heterocycles. The fourth-order valence-corrected chi connectivity index (χ4v) is 4.15. The van der Waals surface area contributed by atoms with Gasteiger partial charge >= 0.3 is 0 Å². The standard InChI is InChI=1S/C16H27N3OS/c1-2-16-17-14-13-19(8-5-15(14)21-16)7-4-3-6-18-9-11-20-12-10-18/h2-13H2,1H3. The molecule has 1 fully saturated rings. The summed E-state index contributed by atoms with van der Waals surface area (Å²) < 4.78 is 5.39. The molecule has 0 radical (unpaired) electrons. The number of morpholine rings is 1. The Hall–Kier alpha value is -0.490. The second kappa shape index (κ2) is 7.68. The summed E-state index contributed by atoms with van der Waals surface area (Å²) in [5.74, 6) is 0. The maximum absolute atomic E-state index is 5.39. The minimum atomic E-state index is 0.915. The highest BCUT2D eigenvalue weighted by molar-refractivity contribution is 7.11. The summed E-state index contributed by atoms with van der Waals surface area (Å²) >= 11 is 1.93. The van der Waals surface area contributed by atoms with E-state index in [2.05, 4.69) is 16.7 Å². The average Bonchev–Trinajstić information content (AvgIpc) is 2.95. The summed E-state index contributed by atoms with van der Waals surface area (Å²) in [5, 5.41) is 1.31. The van der Waals surface area contributed by atoms with Crippen LogP contribution < -0.4 is 0 Å². The molecule has 1 aromatic rings. The lowest BCUT2D eigenvalue weighted by Crippen LogP contribution is -2.37. The number of fused-ring (bicyclic) bond motifs is 1. The van der Waals surface area contributed by atoms with Crippen LogP contribution >= 0.6 is 11.3 Å². The first-order valence-corrected chi connectivity index (χ1v) is 9.16. The number of rotatable bonds is 6. The zero-order valence-corrected chi connectivity index (χ0v) is 14.0. The van der Waals surface area contributed by atoms with Gasteiger partial charge in [-0.15, -0.1) is 11.3 Å². The molecular weight excluding hydrogens is 282 g/mol. The molecule has 3 rings (SSSR count). The Morgan fingerprint density at radius 3 is 2.62 bits per heavy atom. The third-order valence-electron chi connectivity index (χ3n) is 4.46. The highest BCUT2D eigenvalue weighted by atomic mass is 32.1. The molecule has 2 aliphatic heterocycles. The van der Waals surface area contributed by atoms with Gasteiger partial charge in [0.15, 0.2) is 0 Å². The highest BCUT2D eigenvalue weighted by Crippen LogP contribution is 2.25. The first kappa shape index (κ1) is 15.4. The number of ether oxygens (including phenoxy) is 1. The van der Waals surface area contributed by atoms with Crippen LogP contribution in [-0.4, -0.2) is 60.7 Å². The fourth-order valence-electron chi connectivity index (χ4n) is 3.14. The molecular formula is C16H27N3OS. The van der Waals surface area contributed by atoms with Gasteiger partial charge in [0.2, 0.25) is 0 Å². The molecule has 1 aromatic heterocycles. The van der Waals surface area contributed by atoms with Crippen molar-refractivity contribution in [3.8, 4) is 0 Å². The fraction of sp³-hybridized carbons (Fsp3) is 0.812. The van der Waals surface area contributed by atoms with Crippen LogP contribution in [0.2, 0.25) is 0 Å². The maximum Gasteiger partial charge on any atom is 0.0928 e. The molecule has 4 nitrogen and oxygen atoms in total. The van der Waals surface area contributed by atoms with Gasteiger partial charge in [-0.05, 0) is 38.8 Å². The number of thiazole rings is 1. The lowest BCUT2D eigenvalue weighted by Gasteiger charge is -2.28. The average molecular weight is 309 g/mol. The quantitative estimate of drug-likeness (QED) is 0.753. The number of nitrogens with zero attached hydrogens (tertiary/aromatic N) is 3. The van der Waals surface area contributed by atoms with Gasteiger partial charge in [-0.2, -0.15) is 0 Å². The zero-order valence-electron chi connectivity index (χ0n) is 13.1. The predicted molar refractivity (Wildman–Crippen MR) is 87.0 cm³/mol. The molecule has 0 aromatic carbocycles. The first-order valence-electron chi connectivity index (χ1n) is 8.35. The smallest absolute Gasteiger partial charge is 0.0928 e. The van der Waals surface area contributed by atoms with Crippen LogP contribution in [0, 0.1) is 0 Å². The van der Waals surface area contributed by atoms with E-state index in [1.807, 2.05) is 11.3 Å². The monoisotopic (exact) mass is 309 g/mol. The summed E-state index contributed by atoms with van der Waals surface area (Å²) in [5.41, 5.74) is 1.36. The lowest BCUT2D eigenvalue weighted by molar-refractivity contribution is 0.0368. The molecule has 0 bridgehead atoms. The number of aromatic nitrogens is 1. The van der Waals surface area contributed by atoms with E-state index in [0.717, 1.165) is 39.3 Å². The van der Waals surface area contributed by atoms with Gasteiger partial charge in [0.25, 0.3) is 0 Å². The van der Waals surface area contributed by atoms with E-state index in [0.29, 0.717) is 0 Å². The molecule has 21 heavy (non-hydrogen) atoms. The molecule has 0 N–H and O–H groups in total. The van der Waals surface area contributed by atoms with Crippen LogP contribution in [-0.2, 0) is 24.1 Å². The second-order valence-electron chi connectivity index (χ2n) is 6.02. The van der Waals surface area contributed by atoms with Gasteiger partial charge in [-0.25, -0.2) is 4.98 Å². The molecule has 0 spiro atoms. The molecule has 0 aliphatic carbocycles. The van der Waals surface area contributed by atoms with Crippen molar-refractivity contribution in [2.75, 3.05) is 45.9 Å². The van der Waals surface area contributed by atoms with E-state index in [-0.39, 0.29) is 0 Å². The molecule has 2 aliphatic rings. The number of hydrogen-bond acceptors (Lipinski definition) is 5. The van der Waals surface area contributed by atoms with Crippen molar-refractivity contribution in [1.29, 1.82) is 0 Å². The van der Waals surface area contributed by atoms with Crippen molar-refractivity contribution in [3.05, 3.63) is 15.6 Å². The summed E-state index contributed by atoms with van der Waals surface area (Å²) in [6, 6.07) is 0. The molecule has 0 saturated carbocycles. The molecule has 1 saturated heterocycles. The third kappa shape index (κ3) is 4.25. The van der Waals surface area contributed by atoms with Crippen LogP contribution in [0.4, 0.5) is 0 Å². The Bertz CT molecular complexity index is 443. The minimum absolute atomic E-state index is 0.915.